The van der Waals surface area contributed by atoms with Crippen LogP contribution in [0.3, 0.4) is 0 Å². The second-order valence-electron chi connectivity index (χ2n) is 7.73. The van der Waals surface area contributed by atoms with Gasteiger partial charge in [-0.1, -0.05) is 60.7 Å². The molecule has 1 atom stereocenters. The molecule has 1 heterocycles. The number of hydrogen-bond donors (Lipinski definition) is 1. The molecule has 1 saturated heterocycles. The first-order valence-electron chi connectivity index (χ1n) is 10.3. The van der Waals surface area contributed by atoms with E-state index in [-0.39, 0.29) is 11.8 Å². The van der Waals surface area contributed by atoms with Crippen LogP contribution < -0.4 is 5.32 Å². The maximum absolute atomic E-state index is 12.7. The first kappa shape index (κ1) is 20.1. The van der Waals surface area contributed by atoms with Gasteiger partial charge in [-0.15, -0.1) is 0 Å². The van der Waals surface area contributed by atoms with Crippen molar-refractivity contribution in [2.45, 2.75) is 45.1 Å². The predicted molar refractivity (Wildman–Crippen MR) is 112 cm³/mol. The average Bonchev–Trinajstić information content (AvgIpc) is 2.74. The third-order valence-corrected chi connectivity index (χ3v) is 5.52. The minimum Gasteiger partial charge on any atom is -0.345 e. The Balaban J connectivity index is 1.39. The predicted octanol–water partition coefficient (Wildman–Crippen LogP) is 3.61. The quantitative estimate of drug-likeness (QED) is 0.800. The lowest BCUT2D eigenvalue weighted by Crippen LogP contribution is -2.49. The van der Waals surface area contributed by atoms with E-state index >= 15 is 0 Å². The normalized spacial score (nSPS) is 15.8. The highest BCUT2D eigenvalue weighted by atomic mass is 16.2. The second-order valence-corrected chi connectivity index (χ2v) is 7.73. The summed E-state index contributed by atoms with van der Waals surface area (Å²) in [4.78, 5) is 26.8. The topological polar surface area (TPSA) is 49.4 Å². The van der Waals surface area contributed by atoms with Crippen LogP contribution in [-0.2, 0) is 22.4 Å². The lowest BCUT2D eigenvalue weighted by Gasteiger charge is -2.33. The van der Waals surface area contributed by atoms with Gasteiger partial charge in [-0.3, -0.25) is 9.59 Å². The van der Waals surface area contributed by atoms with Crippen LogP contribution in [0.4, 0.5) is 0 Å². The Labute approximate surface area is 167 Å². The van der Waals surface area contributed by atoms with Gasteiger partial charge in [0.25, 0.3) is 0 Å². The molecule has 1 N–H and O–H groups in total. The number of carbonyl (C=O) groups is 2. The molecule has 4 nitrogen and oxygen atoms in total. The summed E-state index contributed by atoms with van der Waals surface area (Å²) >= 11 is 0. The molecule has 0 unspecified atom stereocenters. The molecule has 28 heavy (non-hydrogen) atoms. The van der Waals surface area contributed by atoms with Crippen LogP contribution in [0.2, 0.25) is 0 Å². The van der Waals surface area contributed by atoms with Gasteiger partial charge < -0.3 is 10.2 Å². The van der Waals surface area contributed by atoms with Crippen LogP contribution in [0.1, 0.15) is 37.3 Å². The standard InChI is InChI=1S/C24H30N2O2/c1-19(25-23(27)13-12-20-8-4-2-5-9-20)24(28)26-16-14-22(15-17-26)18-21-10-6-3-7-11-21/h2-11,19,22H,12-18H2,1H3,(H,25,27)/t19-/m0/s1. The Hall–Kier alpha value is -2.62. The van der Waals surface area contributed by atoms with Crippen LogP contribution in [0.15, 0.2) is 60.7 Å². The van der Waals surface area contributed by atoms with E-state index < -0.39 is 6.04 Å². The van der Waals surface area contributed by atoms with E-state index in [0.717, 1.165) is 37.9 Å². The largest absolute Gasteiger partial charge is 0.345 e. The molecule has 2 amide bonds. The van der Waals surface area contributed by atoms with Crippen molar-refractivity contribution in [2.24, 2.45) is 5.92 Å². The number of likely N-dealkylation sites (tertiary alicyclic amines) is 1. The average molecular weight is 379 g/mol. The smallest absolute Gasteiger partial charge is 0.244 e. The summed E-state index contributed by atoms with van der Waals surface area (Å²) in [6.45, 7) is 3.35. The highest BCUT2D eigenvalue weighted by molar-refractivity contribution is 5.87. The number of amides is 2. The molecule has 148 valence electrons. The Morgan fingerprint density at radius 1 is 0.964 bits per heavy atom. The van der Waals surface area contributed by atoms with Crippen molar-refractivity contribution in [1.82, 2.24) is 10.2 Å². The number of benzene rings is 2. The highest BCUT2D eigenvalue weighted by Gasteiger charge is 2.26. The van der Waals surface area contributed by atoms with Crippen LogP contribution >= 0.6 is 0 Å². The maximum Gasteiger partial charge on any atom is 0.244 e. The summed E-state index contributed by atoms with van der Waals surface area (Å²) in [5, 5.41) is 2.87. The van der Waals surface area contributed by atoms with E-state index in [2.05, 4.69) is 29.6 Å². The van der Waals surface area contributed by atoms with Crippen molar-refractivity contribution >= 4 is 11.8 Å². The SMILES string of the molecule is C[C@H](NC(=O)CCc1ccccc1)C(=O)N1CCC(Cc2ccccc2)CC1. The fraction of sp³-hybridized carbons (Fsp3) is 0.417. The van der Waals surface area contributed by atoms with E-state index in [1.807, 2.05) is 41.3 Å². The van der Waals surface area contributed by atoms with E-state index in [0.29, 0.717) is 18.8 Å². The van der Waals surface area contributed by atoms with Crippen molar-refractivity contribution in [3.63, 3.8) is 0 Å². The molecule has 4 heteroatoms. The zero-order chi connectivity index (χ0) is 19.8. The molecule has 0 spiro atoms. The zero-order valence-electron chi connectivity index (χ0n) is 16.6. The number of rotatable bonds is 7. The zero-order valence-corrected chi connectivity index (χ0v) is 16.6. The van der Waals surface area contributed by atoms with Crippen molar-refractivity contribution in [3.05, 3.63) is 71.8 Å². The molecule has 0 bridgehead atoms. The van der Waals surface area contributed by atoms with Gasteiger partial charge in [0.05, 0.1) is 0 Å². The molecule has 1 aliphatic heterocycles. The van der Waals surface area contributed by atoms with Crippen molar-refractivity contribution in [3.8, 4) is 0 Å². The minimum absolute atomic E-state index is 0.0335. The Bertz CT molecular complexity index is 753. The maximum atomic E-state index is 12.7. The van der Waals surface area contributed by atoms with Crippen molar-refractivity contribution in [2.75, 3.05) is 13.1 Å². The molecule has 0 aliphatic carbocycles. The van der Waals surface area contributed by atoms with Crippen molar-refractivity contribution < 1.29 is 9.59 Å². The fourth-order valence-corrected chi connectivity index (χ4v) is 3.86. The number of carbonyl (C=O) groups excluding carboxylic acids is 2. The Morgan fingerprint density at radius 3 is 2.14 bits per heavy atom. The number of piperidine rings is 1. The van der Waals surface area contributed by atoms with Gasteiger partial charge in [0.2, 0.25) is 11.8 Å². The number of hydrogen-bond acceptors (Lipinski definition) is 2. The van der Waals surface area contributed by atoms with Gasteiger partial charge in [0.1, 0.15) is 6.04 Å². The van der Waals surface area contributed by atoms with Gasteiger partial charge in [0.15, 0.2) is 0 Å². The van der Waals surface area contributed by atoms with Gasteiger partial charge in [-0.25, -0.2) is 0 Å². The molecule has 0 saturated carbocycles. The van der Waals surface area contributed by atoms with E-state index in [4.69, 9.17) is 0 Å². The Morgan fingerprint density at radius 2 is 1.54 bits per heavy atom. The Kier molecular flexibility index (Phi) is 7.24. The second kappa shape index (κ2) is 10.1. The van der Waals surface area contributed by atoms with Gasteiger partial charge >= 0.3 is 0 Å². The summed E-state index contributed by atoms with van der Waals surface area (Å²) in [7, 11) is 0. The van der Waals surface area contributed by atoms with Crippen LogP contribution in [0.5, 0.6) is 0 Å². The molecule has 1 aliphatic rings. The number of aryl methyl sites for hydroxylation is 1. The summed E-state index contributed by atoms with van der Waals surface area (Å²) in [5.41, 5.74) is 2.50. The summed E-state index contributed by atoms with van der Waals surface area (Å²) in [5.74, 6) is 0.595. The number of nitrogens with one attached hydrogen (secondary N) is 1. The minimum atomic E-state index is -0.464. The van der Waals surface area contributed by atoms with E-state index in [9.17, 15) is 9.59 Å². The molecular weight excluding hydrogens is 348 g/mol. The van der Waals surface area contributed by atoms with Crippen molar-refractivity contribution in [1.29, 1.82) is 0 Å². The molecule has 0 aromatic heterocycles. The molecule has 0 radical (unpaired) electrons. The van der Waals surface area contributed by atoms with E-state index in [1.165, 1.54) is 5.56 Å². The molecule has 3 rings (SSSR count). The van der Waals surface area contributed by atoms with E-state index in [1.54, 1.807) is 6.92 Å². The van der Waals surface area contributed by atoms with Gasteiger partial charge in [0, 0.05) is 19.5 Å². The first-order valence-corrected chi connectivity index (χ1v) is 10.3. The monoisotopic (exact) mass is 378 g/mol. The third kappa shape index (κ3) is 5.95. The van der Waals surface area contributed by atoms with Crippen LogP contribution in [-0.4, -0.2) is 35.8 Å². The van der Waals surface area contributed by atoms with Gasteiger partial charge in [-0.05, 0) is 49.7 Å². The number of nitrogens with zero attached hydrogens (tertiary/aromatic N) is 1. The fourth-order valence-electron chi connectivity index (χ4n) is 3.86. The summed E-state index contributed by atoms with van der Waals surface area (Å²) in [6.07, 6.45) is 4.22. The molecule has 1 fully saturated rings. The lowest BCUT2D eigenvalue weighted by atomic mass is 9.90. The molecule has 2 aromatic rings. The first-order chi connectivity index (χ1) is 13.6. The summed E-state index contributed by atoms with van der Waals surface area (Å²) in [6, 6.07) is 20.0. The third-order valence-electron chi connectivity index (χ3n) is 5.52. The summed E-state index contributed by atoms with van der Waals surface area (Å²) < 4.78 is 0. The highest BCUT2D eigenvalue weighted by Crippen LogP contribution is 2.22. The molecule has 2 aromatic carbocycles. The van der Waals surface area contributed by atoms with Crippen LogP contribution in [0, 0.1) is 5.92 Å². The van der Waals surface area contributed by atoms with Crippen LogP contribution in [0.25, 0.3) is 0 Å². The lowest BCUT2D eigenvalue weighted by molar-refractivity contribution is -0.137. The molecular formula is C24H30N2O2. The van der Waals surface area contributed by atoms with Gasteiger partial charge in [-0.2, -0.15) is 0 Å².